The lowest BCUT2D eigenvalue weighted by Crippen LogP contribution is -2.36. The first kappa shape index (κ1) is 18.3. The zero-order chi connectivity index (χ0) is 17.4. The molecule has 2 atom stereocenters. The average molecular weight is 387 g/mol. The van der Waals surface area contributed by atoms with Crippen LogP contribution >= 0.6 is 15.9 Å². The van der Waals surface area contributed by atoms with Crippen LogP contribution in [0.3, 0.4) is 0 Å². The van der Waals surface area contributed by atoms with Gasteiger partial charge in [0, 0.05) is 19.1 Å². The van der Waals surface area contributed by atoms with Crippen LogP contribution in [0.2, 0.25) is 0 Å². The molecule has 1 fully saturated rings. The van der Waals surface area contributed by atoms with E-state index in [9.17, 15) is 4.79 Å². The van der Waals surface area contributed by atoms with E-state index >= 15 is 0 Å². The summed E-state index contributed by atoms with van der Waals surface area (Å²) < 4.78 is 8.32. The molecule has 1 aromatic heterocycles. The molecule has 0 aliphatic carbocycles. The van der Waals surface area contributed by atoms with Gasteiger partial charge in [0.05, 0.1) is 22.4 Å². The van der Waals surface area contributed by atoms with E-state index < -0.39 is 5.60 Å². The average Bonchev–Trinajstić information content (AvgIpc) is 3.02. The number of likely N-dealkylation sites (tertiary alicyclic amines) is 1. The number of amides is 1. The van der Waals surface area contributed by atoms with E-state index in [1.165, 1.54) is 0 Å². The summed E-state index contributed by atoms with van der Waals surface area (Å²) in [4.78, 5) is 13.9. The predicted molar refractivity (Wildman–Crippen MR) is 93.2 cm³/mol. The van der Waals surface area contributed by atoms with Crippen molar-refractivity contribution in [3.8, 4) is 0 Å². The molecule has 2 heterocycles. The van der Waals surface area contributed by atoms with Crippen LogP contribution in [0.15, 0.2) is 10.7 Å². The Kier molecular flexibility index (Phi) is 5.41. The molecule has 1 aromatic rings. The van der Waals surface area contributed by atoms with Crippen LogP contribution in [-0.4, -0.2) is 39.5 Å². The molecule has 7 heteroatoms. The normalized spacial score (nSPS) is 20.2. The fraction of sp³-hybridized carbons (Fsp3) is 0.750. The lowest BCUT2D eigenvalue weighted by atomic mass is 9.96. The number of nitrogens with zero attached hydrogens (tertiary/aromatic N) is 3. The number of aromatic nitrogens is 2. The molecule has 1 aliphatic rings. The Morgan fingerprint density at radius 3 is 2.70 bits per heavy atom. The maximum absolute atomic E-state index is 12.2. The van der Waals surface area contributed by atoms with Crippen molar-refractivity contribution in [3.63, 3.8) is 0 Å². The number of carbonyl (C=O) groups is 1. The summed E-state index contributed by atoms with van der Waals surface area (Å²) in [5.41, 5.74) is 7.02. The summed E-state index contributed by atoms with van der Waals surface area (Å²) in [5.74, 6) is 0.202. The van der Waals surface area contributed by atoms with E-state index in [-0.39, 0.29) is 24.1 Å². The van der Waals surface area contributed by atoms with Gasteiger partial charge in [-0.15, -0.1) is 0 Å². The molecule has 2 unspecified atom stereocenters. The van der Waals surface area contributed by atoms with E-state index in [1.807, 2.05) is 25.5 Å². The molecule has 2 rings (SSSR count). The van der Waals surface area contributed by atoms with Crippen LogP contribution in [0.4, 0.5) is 4.79 Å². The molecule has 1 aliphatic heterocycles. The maximum Gasteiger partial charge on any atom is 0.410 e. The third-order valence-electron chi connectivity index (χ3n) is 3.98. The van der Waals surface area contributed by atoms with Gasteiger partial charge in [-0.2, -0.15) is 5.10 Å². The molecule has 23 heavy (non-hydrogen) atoms. The Morgan fingerprint density at radius 1 is 1.48 bits per heavy atom. The summed E-state index contributed by atoms with van der Waals surface area (Å²) in [6.45, 7) is 11.1. The second-order valence-corrected chi connectivity index (χ2v) is 8.27. The van der Waals surface area contributed by atoms with Crippen molar-refractivity contribution in [2.24, 2.45) is 11.7 Å². The highest BCUT2D eigenvalue weighted by atomic mass is 79.9. The van der Waals surface area contributed by atoms with E-state index in [2.05, 4.69) is 34.9 Å². The minimum atomic E-state index is -0.476. The van der Waals surface area contributed by atoms with E-state index in [0.29, 0.717) is 13.1 Å². The van der Waals surface area contributed by atoms with Gasteiger partial charge in [-0.1, -0.05) is 0 Å². The van der Waals surface area contributed by atoms with E-state index in [0.717, 1.165) is 16.6 Å². The summed E-state index contributed by atoms with van der Waals surface area (Å²) in [5, 5.41) is 4.39. The first-order valence-electron chi connectivity index (χ1n) is 8.06. The number of carbonyl (C=O) groups excluding carboxylic acids is 1. The molecule has 0 radical (unpaired) electrons. The zero-order valence-corrected chi connectivity index (χ0v) is 16.1. The van der Waals surface area contributed by atoms with Crippen LogP contribution < -0.4 is 5.73 Å². The highest BCUT2D eigenvalue weighted by molar-refractivity contribution is 9.10. The molecule has 1 saturated heterocycles. The quantitative estimate of drug-likeness (QED) is 0.862. The second kappa shape index (κ2) is 6.81. The molecule has 0 saturated carbocycles. The van der Waals surface area contributed by atoms with Crippen molar-refractivity contribution < 1.29 is 9.53 Å². The number of nitrogens with two attached hydrogens (primary N) is 1. The summed E-state index contributed by atoms with van der Waals surface area (Å²) in [6.07, 6.45) is 2.40. The fourth-order valence-electron chi connectivity index (χ4n) is 2.87. The third kappa shape index (κ3) is 4.26. The van der Waals surface area contributed by atoms with E-state index in [1.54, 1.807) is 11.1 Å². The lowest BCUT2D eigenvalue weighted by Gasteiger charge is -2.25. The number of rotatable bonds is 3. The van der Waals surface area contributed by atoms with Gasteiger partial charge in [-0.05, 0) is 62.9 Å². The molecule has 2 N–H and O–H groups in total. The van der Waals surface area contributed by atoms with E-state index in [4.69, 9.17) is 10.5 Å². The summed E-state index contributed by atoms with van der Waals surface area (Å²) in [6, 6.07) is 0.0763. The molecular weight excluding hydrogens is 360 g/mol. The lowest BCUT2D eigenvalue weighted by molar-refractivity contribution is 0.0286. The van der Waals surface area contributed by atoms with Gasteiger partial charge in [-0.25, -0.2) is 4.79 Å². The summed E-state index contributed by atoms with van der Waals surface area (Å²) in [7, 11) is 0. The number of hydrogen-bond acceptors (Lipinski definition) is 4. The maximum atomic E-state index is 12.2. The Labute approximate surface area is 146 Å². The highest BCUT2D eigenvalue weighted by Crippen LogP contribution is 2.33. The van der Waals surface area contributed by atoms with Crippen molar-refractivity contribution in [1.82, 2.24) is 14.7 Å². The zero-order valence-electron chi connectivity index (χ0n) is 14.5. The standard InChI is InChI=1S/C16H27BrN4O2/c1-10(2)21-14(12(17)8-19-21)13(18)11-6-7-20(9-11)15(22)23-16(3,4)5/h8,10-11,13H,6-7,9,18H2,1-5H3. The SMILES string of the molecule is CC(C)n1ncc(Br)c1C(N)C1CCN(C(=O)OC(C)(C)C)C1. The Balaban J connectivity index is 2.07. The molecule has 130 valence electrons. The Bertz CT molecular complexity index is 565. The fourth-order valence-corrected chi connectivity index (χ4v) is 3.41. The molecule has 0 aromatic carbocycles. The van der Waals surface area contributed by atoms with Crippen molar-refractivity contribution in [1.29, 1.82) is 0 Å². The van der Waals surface area contributed by atoms with Crippen molar-refractivity contribution in [2.45, 2.75) is 58.7 Å². The van der Waals surface area contributed by atoms with Crippen LogP contribution in [0.1, 0.15) is 58.8 Å². The van der Waals surface area contributed by atoms with Crippen LogP contribution in [0.5, 0.6) is 0 Å². The number of ether oxygens (including phenoxy) is 1. The van der Waals surface area contributed by atoms with Gasteiger partial charge in [0.15, 0.2) is 0 Å². The van der Waals surface area contributed by atoms with Crippen molar-refractivity contribution in [2.75, 3.05) is 13.1 Å². The first-order valence-corrected chi connectivity index (χ1v) is 8.86. The van der Waals surface area contributed by atoms with Gasteiger partial charge < -0.3 is 15.4 Å². The van der Waals surface area contributed by atoms with Crippen molar-refractivity contribution >= 4 is 22.0 Å². The summed E-state index contributed by atoms with van der Waals surface area (Å²) >= 11 is 3.55. The minimum absolute atomic E-state index is 0.165. The number of halogens is 1. The topological polar surface area (TPSA) is 73.4 Å². The monoisotopic (exact) mass is 386 g/mol. The van der Waals surface area contributed by atoms with Gasteiger partial charge >= 0.3 is 6.09 Å². The van der Waals surface area contributed by atoms with Crippen LogP contribution in [-0.2, 0) is 4.74 Å². The van der Waals surface area contributed by atoms with Crippen LogP contribution in [0.25, 0.3) is 0 Å². The molecule has 0 bridgehead atoms. The molecule has 6 nitrogen and oxygen atoms in total. The van der Waals surface area contributed by atoms with Gasteiger partial charge in [0.1, 0.15) is 5.60 Å². The highest BCUT2D eigenvalue weighted by Gasteiger charge is 2.35. The van der Waals surface area contributed by atoms with Crippen molar-refractivity contribution in [3.05, 3.63) is 16.4 Å². The molecule has 1 amide bonds. The predicted octanol–water partition coefficient (Wildman–Crippen LogP) is 3.48. The largest absolute Gasteiger partial charge is 0.444 e. The van der Waals surface area contributed by atoms with Gasteiger partial charge in [0.25, 0.3) is 0 Å². The Morgan fingerprint density at radius 2 is 2.13 bits per heavy atom. The minimum Gasteiger partial charge on any atom is -0.444 e. The molecular formula is C16H27BrN4O2. The number of hydrogen-bond donors (Lipinski definition) is 1. The van der Waals surface area contributed by atoms with Gasteiger partial charge in [-0.3, -0.25) is 4.68 Å². The smallest absolute Gasteiger partial charge is 0.410 e. The van der Waals surface area contributed by atoms with Crippen LogP contribution in [0, 0.1) is 5.92 Å². The van der Waals surface area contributed by atoms with Gasteiger partial charge in [0.2, 0.25) is 0 Å². The Hall–Kier alpha value is -1.08. The second-order valence-electron chi connectivity index (χ2n) is 7.42. The molecule has 0 spiro atoms. The third-order valence-corrected chi connectivity index (χ3v) is 4.59. The first-order chi connectivity index (χ1) is 10.6.